The standard InChI is InChI=1S/C12H24N4O/c13-4-3-5-14-8-10-16(11-9-14)12(17)15-6-1-2-7-15/h1-11,13H2. The highest BCUT2D eigenvalue weighted by Crippen LogP contribution is 2.12. The third-order valence-corrected chi connectivity index (χ3v) is 3.70. The zero-order chi connectivity index (χ0) is 12.1. The van der Waals surface area contributed by atoms with Crippen LogP contribution in [0.4, 0.5) is 4.79 Å². The van der Waals surface area contributed by atoms with Crippen molar-refractivity contribution in [2.75, 3.05) is 52.4 Å². The van der Waals surface area contributed by atoms with Crippen LogP contribution in [0.25, 0.3) is 0 Å². The molecule has 0 unspecified atom stereocenters. The number of rotatable bonds is 3. The van der Waals surface area contributed by atoms with Crippen LogP contribution in [-0.2, 0) is 0 Å². The van der Waals surface area contributed by atoms with Crippen LogP contribution in [0.5, 0.6) is 0 Å². The van der Waals surface area contributed by atoms with Crippen LogP contribution in [0.2, 0.25) is 0 Å². The fraction of sp³-hybridized carbons (Fsp3) is 0.917. The van der Waals surface area contributed by atoms with E-state index in [1.54, 1.807) is 0 Å². The lowest BCUT2D eigenvalue weighted by Crippen LogP contribution is -2.52. The van der Waals surface area contributed by atoms with Crippen LogP contribution in [0.15, 0.2) is 0 Å². The van der Waals surface area contributed by atoms with Crippen molar-refractivity contribution in [1.29, 1.82) is 0 Å². The number of urea groups is 1. The highest BCUT2D eigenvalue weighted by Gasteiger charge is 2.26. The smallest absolute Gasteiger partial charge is 0.320 e. The lowest BCUT2D eigenvalue weighted by atomic mass is 10.3. The SMILES string of the molecule is NCCCN1CCN(C(=O)N2CCCC2)CC1. The molecule has 2 heterocycles. The van der Waals surface area contributed by atoms with E-state index in [0.717, 1.165) is 58.8 Å². The van der Waals surface area contributed by atoms with Gasteiger partial charge >= 0.3 is 6.03 Å². The second kappa shape index (κ2) is 6.21. The van der Waals surface area contributed by atoms with Crippen LogP contribution >= 0.6 is 0 Å². The molecule has 0 aromatic rings. The predicted molar refractivity (Wildman–Crippen MR) is 67.9 cm³/mol. The van der Waals surface area contributed by atoms with E-state index in [1.165, 1.54) is 12.8 Å². The van der Waals surface area contributed by atoms with Gasteiger partial charge in [0.1, 0.15) is 0 Å². The monoisotopic (exact) mass is 240 g/mol. The van der Waals surface area contributed by atoms with Gasteiger partial charge in [0.2, 0.25) is 0 Å². The first-order chi connectivity index (χ1) is 8.31. The fourth-order valence-corrected chi connectivity index (χ4v) is 2.59. The number of amides is 2. The van der Waals surface area contributed by atoms with Gasteiger partial charge in [0, 0.05) is 39.3 Å². The molecule has 5 heteroatoms. The Morgan fingerprint density at radius 2 is 1.53 bits per heavy atom. The molecule has 0 aliphatic carbocycles. The van der Waals surface area contributed by atoms with E-state index in [4.69, 9.17) is 5.73 Å². The second-order valence-electron chi connectivity index (χ2n) is 4.95. The highest BCUT2D eigenvalue weighted by molar-refractivity contribution is 5.74. The molecular weight excluding hydrogens is 216 g/mol. The normalized spacial score (nSPS) is 22.2. The molecule has 2 fully saturated rings. The van der Waals surface area contributed by atoms with Crippen molar-refractivity contribution in [3.05, 3.63) is 0 Å². The molecule has 0 bridgehead atoms. The van der Waals surface area contributed by atoms with E-state index < -0.39 is 0 Å². The lowest BCUT2D eigenvalue weighted by molar-refractivity contribution is 0.118. The van der Waals surface area contributed by atoms with E-state index in [0.29, 0.717) is 0 Å². The molecule has 2 aliphatic rings. The van der Waals surface area contributed by atoms with E-state index >= 15 is 0 Å². The third-order valence-electron chi connectivity index (χ3n) is 3.70. The zero-order valence-corrected chi connectivity index (χ0v) is 10.6. The Hall–Kier alpha value is -0.810. The second-order valence-corrected chi connectivity index (χ2v) is 4.95. The molecule has 98 valence electrons. The molecule has 2 rings (SSSR count). The van der Waals surface area contributed by atoms with Crippen LogP contribution in [0, 0.1) is 0 Å². The summed E-state index contributed by atoms with van der Waals surface area (Å²) in [5.41, 5.74) is 5.51. The van der Waals surface area contributed by atoms with Crippen molar-refractivity contribution in [3.8, 4) is 0 Å². The first-order valence-corrected chi connectivity index (χ1v) is 6.77. The summed E-state index contributed by atoms with van der Waals surface area (Å²) in [4.78, 5) is 18.5. The average molecular weight is 240 g/mol. The van der Waals surface area contributed by atoms with Crippen molar-refractivity contribution in [2.45, 2.75) is 19.3 Å². The van der Waals surface area contributed by atoms with Crippen molar-refractivity contribution >= 4 is 6.03 Å². The number of hydrogen-bond donors (Lipinski definition) is 1. The quantitative estimate of drug-likeness (QED) is 0.765. The summed E-state index contributed by atoms with van der Waals surface area (Å²) in [6.45, 7) is 7.48. The maximum Gasteiger partial charge on any atom is 0.320 e. The lowest BCUT2D eigenvalue weighted by Gasteiger charge is -2.36. The Labute approximate surface area is 104 Å². The van der Waals surface area contributed by atoms with Gasteiger partial charge in [0.05, 0.1) is 0 Å². The minimum atomic E-state index is 0.251. The molecule has 0 aromatic heterocycles. The van der Waals surface area contributed by atoms with Gasteiger partial charge in [-0.3, -0.25) is 4.90 Å². The maximum atomic E-state index is 12.1. The number of carbonyl (C=O) groups excluding carboxylic acids is 1. The van der Waals surface area contributed by atoms with Gasteiger partial charge in [-0.25, -0.2) is 4.79 Å². The van der Waals surface area contributed by atoms with E-state index in [9.17, 15) is 4.79 Å². The Morgan fingerprint density at radius 3 is 2.12 bits per heavy atom. The molecule has 0 saturated carbocycles. The Morgan fingerprint density at radius 1 is 0.941 bits per heavy atom. The van der Waals surface area contributed by atoms with Gasteiger partial charge in [0.25, 0.3) is 0 Å². The molecule has 2 amide bonds. The molecule has 0 aromatic carbocycles. The van der Waals surface area contributed by atoms with E-state index in [2.05, 4.69) is 4.90 Å². The topological polar surface area (TPSA) is 52.8 Å². The van der Waals surface area contributed by atoms with Crippen LogP contribution in [-0.4, -0.2) is 73.1 Å². The zero-order valence-electron chi connectivity index (χ0n) is 10.6. The third kappa shape index (κ3) is 3.33. The minimum absolute atomic E-state index is 0.251. The van der Waals surface area contributed by atoms with Crippen LogP contribution in [0.3, 0.4) is 0 Å². The Balaban J connectivity index is 1.72. The number of piperazine rings is 1. The fourth-order valence-electron chi connectivity index (χ4n) is 2.59. The average Bonchev–Trinajstić information content (AvgIpc) is 2.90. The summed E-state index contributed by atoms with van der Waals surface area (Å²) in [6, 6.07) is 0.251. The molecule has 17 heavy (non-hydrogen) atoms. The molecule has 0 atom stereocenters. The molecule has 2 N–H and O–H groups in total. The van der Waals surface area contributed by atoms with Gasteiger partial charge in [-0.05, 0) is 32.4 Å². The first kappa shape index (κ1) is 12.6. The molecule has 0 radical (unpaired) electrons. The molecule has 5 nitrogen and oxygen atoms in total. The summed E-state index contributed by atoms with van der Waals surface area (Å²) >= 11 is 0. The molecule has 0 spiro atoms. The van der Waals surface area contributed by atoms with E-state index in [1.807, 2.05) is 9.80 Å². The van der Waals surface area contributed by atoms with Gasteiger partial charge < -0.3 is 15.5 Å². The summed E-state index contributed by atoms with van der Waals surface area (Å²) in [6.07, 6.45) is 3.39. The van der Waals surface area contributed by atoms with Crippen molar-refractivity contribution < 1.29 is 4.79 Å². The summed E-state index contributed by atoms with van der Waals surface area (Å²) in [5.74, 6) is 0. The predicted octanol–water partition coefficient (Wildman–Crippen LogP) is 0.169. The number of likely N-dealkylation sites (tertiary alicyclic amines) is 1. The molecular formula is C12H24N4O. The number of nitrogens with two attached hydrogens (primary N) is 1. The Kier molecular flexibility index (Phi) is 4.62. The van der Waals surface area contributed by atoms with Crippen LogP contribution < -0.4 is 5.73 Å². The van der Waals surface area contributed by atoms with Gasteiger partial charge in [0.15, 0.2) is 0 Å². The summed E-state index contributed by atoms with van der Waals surface area (Å²) in [5, 5.41) is 0. The Bertz CT molecular complexity index is 245. The largest absolute Gasteiger partial charge is 0.330 e. The maximum absolute atomic E-state index is 12.1. The molecule has 2 saturated heterocycles. The van der Waals surface area contributed by atoms with E-state index in [-0.39, 0.29) is 6.03 Å². The van der Waals surface area contributed by atoms with Crippen molar-refractivity contribution in [1.82, 2.24) is 14.7 Å². The van der Waals surface area contributed by atoms with Gasteiger partial charge in [-0.2, -0.15) is 0 Å². The number of carbonyl (C=O) groups is 1. The first-order valence-electron chi connectivity index (χ1n) is 6.77. The van der Waals surface area contributed by atoms with Crippen LogP contribution in [0.1, 0.15) is 19.3 Å². The summed E-state index contributed by atoms with van der Waals surface area (Å²) in [7, 11) is 0. The van der Waals surface area contributed by atoms with Crippen molar-refractivity contribution in [3.63, 3.8) is 0 Å². The van der Waals surface area contributed by atoms with Crippen molar-refractivity contribution in [2.24, 2.45) is 5.73 Å². The van der Waals surface area contributed by atoms with Gasteiger partial charge in [-0.15, -0.1) is 0 Å². The minimum Gasteiger partial charge on any atom is -0.330 e. The number of hydrogen-bond acceptors (Lipinski definition) is 3. The molecule has 2 aliphatic heterocycles. The number of nitrogens with zero attached hydrogens (tertiary/aromatic N) is 3. The highest BCUT2D eigenvalue weighted by atomic mass is 16.2. The van der Waals surface area contributed by atoms with Gasteiger partial charge in [-0.1, -0.05) is 0 Å². The summed E-state index contributed by atoms with van der Waals surface area (Å²) < 4.78 is 0.